The third-order valence-corrected chi connectivity index (χ3v) is 5.18. The number of nitrogens with two attached hydrogens (primary N) is 1. The van der Waals surface area contributed by atoms with Crippen molar-refractivity contribution in [2.24, 2.45) is 11.7 Å². The minimum Gasteiger partial charge on any atom is -0.494 e. The molecule has 2 rings (SSSR count). The van der Waals surface area contributed by atoms with Gasteiger partial charge in [0, 0.05) is 25.1 Å². The fourth-order valence-corrected chi connectivity index (χ4v) is 3.90. The highest BCUT2D eigenvalue weighted by Gasteiger charge is 2.26. The number of hydrogen-bond donors (Lipinski definition) is 3. The first kappa shape index (κ1) is 24.2. The van der Waals surface area contributed by atoms with Gasteiger partial charge in [-0.15, -0.1) is 12.4 Å². The summed E-state index contributed by atoms with van der Waals surface area (Å²) >= 11 is 0. The van der Waals surface area contributed by atoms with Gasteiger partial charge >= 0.3 is 0 Å². The van der Waals surface area contributed by atoms with Crippen LogP contribution in [0.2, 0.25) is 0 Å². The van der Waals surface area contributed by atoms with E-state index in [9.17, 15) is 9.59 Å². The van der Waals surface area contributed by atoms with Gasteiger partial charge in [-0.25, -0.2) is 0 Å². The molecule has 6 nitrogen and oxygen atoms in total. The van der Waals surface area contributed by atoms with Crippen LogP contribution in [0.4, 0.5) is 0 Å². The SMILES string of the molecule is CCOc1ccccc1C(CC(=O)NC(CN)C1CCCCC1)NC(C)=O.Cl. The van der Waals surface area contributed by atoms with E-state index in [-0.39, 0.29) is 36.7 Å². The molecule has 0 heterocycles. The van der Waals surface area contributed by atoms with Crippen molar-refractivity contribution in [3.05, 3.63) is 29.8 Å². The van der Waals surface area contributed by atoms with Crippen molar-refractivity contribution in [3.63, 3.8) is 0 Å². The lowest BCUT2D eigenvalue weighted by Gasteiger charge is -2.30. The summed E-state index contributed by atoms with van der Waals surface area (Å²) in [6, 6.07) is 7.08. The Bertz CT molecular complexity index is 621. The number of para-hydroxylation sites is 1. The van der Waals surface area contributed by atoms with Crippen molar-refractivity contribution in [2.75, 3.05) is 13.2 Å². The summed E-state index contributed by atoms with van der Waals surface area (Å²) in [5, 5.41) is 5.99. The van der Waals surface area contributed by atoms with E-state index in [0.29, 0.717) is 24.8 Å². The summed E-state index contributed by atoms with van der Waals surface area (Å²) in [5.41, 5.74) is 6.75. The molecular formula is C21H34ClN3O3. The first-order valence-corrected chi connectivity index (χ1v) is 10.0. The van der Waals surface area contributed by atoms with E-state index in [2.05, 4.69) is 10.6 Å². The fraction of sp³-hybridized carbons (Fsp3) is 0.619. The van der Waals surface area contributed by atoms with Gasteiger partial charge < -0.3 is 21.1 Å². The Labute approximate surface area is 174 Å². The predicted octanol–water partition coefficient (Wildman–Crippen LogP) is 3.10. The zero-order valence-electron chi connectivity index (χ0n) is 16.9. The van der Waals surface area contributed by atoms with Crippen LogP contribution in [0.25, 0.3) is 0 Å². The maximum Gasteiger partial charge on any atom is 0.222 e. The van der Waals surface area contributed by atoms with Gasteiger partial charge in [-0.3, -0.25) is 9.59 Å². The lowest BCUT2D eigenvalue weighted by Crippen LogP contribution is -2.46. The van der Waals surface area contributed by atoms with E-state index in [1.807, 2.05) is 31.2 Å². The van der Waals surface area contributed by atoms with E-state index in [0.717, 1.165) is 18.4 Å². The third kappa shape index (κ3) is 7.32. The summed E-state index contributed by atoms with van der Waals surface area (Å²) in [6.45, 7) is 4.33. The molecular weight excluding hydrogens is 378 g/mol. The minimum atomic E-state index is -0.435. The molecule has 1 aromatic carbocycles. The van der Waals surface area contributed by atoms with Gasteiger partial charge in [-0.2, -0.15) is 0 Å². The van der Waals surface area contributed by atoms with Crippen LogP contribution in [0.3, 0.4) is 0 Å². The number of amides is 2. The third-order valence-electron chi connectivity index (χ3n) is 5.18. The minimum absolute atomic E-state index is 0. The van der Waals surface area contributed by atoms with Gasteiger partial charge in [0.2, 0.25) is 11.8 Å². The van der Waals surface area contributed by atoms with Crippen LogP contribution < -0.4 is 21.1 Å². The van der Waals surface area contributed by atoms with Gasteiger partial charge in [0.15, 0.2) is 0 Å². The Morgan fingerprint density at radius 1 is 1.18 bits per heavy atom. The van der Waals surface area contributed by atoms with Crippen LogP contribution in [0.1, 0.15) is 64.0 Å². The maximum absolute atomic E-state index is 12.7. The molecule has 7 heteroatoms. The summed E-state index contributed by atoms with van der Waals surface area (Å²) in [5.74, 6) is 0.861. The Kier molecular flexibility index (Phi) is 10.9. The van der Waals surface area contributed by atoms with E-state index in [4.69, 9.17) is 10.5 Å². The highest BCUT2D eigenvalue weighted by Crippen LogP contribution is 2.29. The first-order valence-electron chi connectivity index (χ1n) is 10.0. The Hall–Kier alpha value is -1.79. The number of halogens is 1. The average molecular weight is 412 g/mol. The van der Waals surface area contributed by atoms with E-state index < -0.39 is 6.04 Å². The Morgan fingerprint density at radius 2 is 1.86 bits per heavy atom. The van der Waals surface area contributed by atoms with Crippen molar-refractivity contribution in [1.82, 2.24) is 10.6 Å². The van der Waals surface area contributed by atoms with Crippen LogP contribution in [-0.4, -0.2) is 31.0 Å². The molecule has 2 unspecified atom stereocenters. The molecule has 0 aromatic heterocycles. The topological polar surface area (TPSA) is 93.4 Å². The largest absolute Gasteiger partial charge is 0.494 e. The maximum atomic E-state index is 12.7. The number of hydrogen-bond acceptors (Lipinski definition) is 4. The normalized spacial score (nSPS) is 16.4. The molecule has 0 radical (unpaired) electrons. The van der Waals surface area contributed by atoms with Gasteiger partial charge in [-0.1, -0.05) is 37.5 Å². The summed E-state index contributed by atoms with van der Waals surface area (Å²) in [4.78, 5) is 24.4. The predicted molar refractivity (Wildman–Crippen MR) is 114 cm³/mol. The summed E-state index contributed by atoms with van der Waals surface area (Å²) in [7, 11) is 0. The van der Waals surface area contributed by atoms with Crippen molar-refractivity contribution in [2.45, 2.75) is 64.5 Å². The molecule has 1 aliphatic rings. The van der Waals surface area contributed by atoms with Gasteiger partial charge in [-0.05, 0) is 31.7 Å². The molecule has 2 atom stereocenters. The molecule has 4 N–H and O–H groups in total. The molecule has 2 amide bonds. The number of ether oxygens (including phenoxy) is 1. The number of benzene rings is 1. The monoisotopic (exact) mass is 411 g/mol. The highest BCUT2D eigenvalue weighted by molar-refractivity contribution is 5.85. The number of carbonyl (C=O) groups excluding carboxylic acids is 2. The molecule has 158 valence electrons. The van der Waals surface area contributed by atoms with E-state index in [1.165, 1.54) is 26.2 Å². The summed E-state index contributed by atoms with van der Waals surface area (Å²) in [6.07, 6.45) is 6.06. The number of carbonyl (C=O) groups is 2. The molecule has 1 aliphatic carbocycles. The molecule has 0 bridgehead atoms. The fourth-order valence-electron chi connectivity index (χ4n) is 3.90. The van der Waals surface area contributed by atoms with Crippen LogP contribution in [0, 0.1) is 5.92 Å². The zero-order chi connectivity index (χ0) is 19.6. The van der Waals surface area contributed by atoms with Gasteiger partial charge in [0.05, 0.1) is 19.1 Å². The smallest absolute Gasteiger partial charge is 0.222 e. The molecule has 1 saturated carbocycles. The Morgan fingerprint density at radius 3 is 2.46 bits per heavy atom. The van der Waals surface area contributed by atoms with Crippen LogP contribution in [-0.2, 0) is 9.59 Å². The molecule has 1 fully saturated rings. The van der Waals surface area contributed by atoms with Crippen molar-refractivity contribution in [1.29, 1.82) is 0 Å². The standard InChI is InChI=1S/C21H33N3O3.ClH/c1-3-27-20-12-8-7-11-17(20)18(23-15(2)25)13-21(26)24-19(14-22)16-9-5-4-6-10-16;/h7-8,11-12,16,18-19H,3-6,9-10,13-14,22H2,1-2H3,(H,23,25)(H,24,26);1H. The van der Waals surface area contributed by atoms with Crippen molar-refractivity contribution >= 4 is 24.2 Å². The molecule has 0 spiro atoms. The zero-order valence-corrected chi connectivity index (χ0v) is 17.7. The Balaban J connectivity index is 0.00000392. The lowest BCUT2D eigenvalue weighted by molar-refractivity contribution is -0.123. The highest BCUT2D eigenvalue weighted by atomic mass is 35.5. The van der Waals surface area contributed by atoms with Crippen molar-refractivity contribution < 1.29 is 14.3 Å². The summed E-state index contributed by atoms with van der Waals surface area (Å²) < 4.78 is 5.68. The first-order chi connectivity index (χ1) is 13.0. The van der Waals surface area contributed by atoms with Crippen LogP contribution in [0.15, 0.2) is 24.3 Å². The van der Waals surface area contributed by atoms with Gasteiger partial charge in [0.25, 0.3) is 0 Å². The lowest BCUT2D eigenvalue weighted by atomic mass is 9.84. The second-order valence-electron chi connectivity index (χ2n) is 7.24. The second kappa shape index (κ2) is 12.6. The van der Waals surface area contributed by atoms with Gasteiger partial charge in [0.1, 0.15) is 5.75 Å². The van der Waals surface area contributed by atoms with Crippen LogP contribution >= 0.6 is 12.4 Å². The average Bonchev–Trinajstić information content (AvgIpc) is 2.66. The molecule has 0 aliphatic heterocycles. The second-order valence-corrected chi connectivity index (χ2v) is 7.24. The van der Waals surface area contributed by atoms with Crippen molar-refractivity contribution in [3.8, 4) is 5.75 Å². The quantitative estimate of drug-likeness (QED) is 0.582. The van der Waals surface area contributed by atoms with Crippen LogP contribution in [0.5, 0.6) is 5.75 Å². The van der Waals surface area contributed by atoms with E-state index in [1.54, 1.807) is 0 Å². The number of rotatable bonds is 9. The number of nitrogens with one attached hydrogen (secondary N) is 2. The molecule has 1 aromatic rings. The molecule has 28 heavy (non-hydrogen) atoms. The molecule has 0 saturated heterocycles. The van der Waals surface area contributed by atoms with E-state index >= 15 is 0 Å².